The number of rotatable bonds is 6. The highest BCUT2D eigenvalue weighted by Crippen LogP contribution is 2.23. The van der Waals surface area contributed by atoms with Crippen LogP contribution in [0.25, 0.3) is 6.08 Å². The molecule has 1 aromatic heterocycles. The molecule has 138 valence electrons. The van der Waals surface area contributed by atoms with E-state index in [1.165, 1.54) is 11.3 Å². The Bertz CT molecular complexity index is 982. The maximum Gasteiger partial charge on any atom is 0.265 e. The largest absolute Gasteiger partial charge is 0.488 e. The van der Waals surface area contributed by atoms with E-state index in [1.54, 1.807) is 11.4 Å². The van der Waals surface area contributed by atoms with Crippen molar-refractivity contribution in [2.45, 2.75) is 13.5 Å². The number of carbonyl (C=O) groups is 1. The molecule has 2 aromatic carbocycles. The highest BCUT2D eigenvalue weighted by atomic mass is 32.1. The fraction of sp³-hybridized carbons (Fsp3) is 0.0952. The van der Waals surface area contributed by atoms with Crippen molar-refractivity contribution in [1.29, 1.82) is 0 Å². The molecule has 0 saturated carbocycles. The molecule has 1 amide bonds. The Kier molecular flexibility index (Phi) is 5.98. The maximum atomic E-state index is 13.7. The molecule has 0 aliphatic carbocycles. The molecule has 3 rings (SSSR count). The number of carbonyl (C=O) groups excluding carboxylic acids is 1. The summed E-state index contributed by atoms with van der Waals surface area (Å²) in [6.07, 6.45) is 3.89. The SMILES string of the molecule is C/C=C/c1ccccc1OCc1csc(C(=O)Nc2cc(F)ccc2F)c1. The molecular weight excluding hydrogens is 368 g/mol. The number of hydrogen-bond acceptors (Lipinski definition) is 3. The van der Waals surface area contributed by atoms with Crippen LogP contribution in [0.5, 0.6) is 5.75 Å². The van der Waals surface area contributed by atoms with Gasteiger partial charge in [0.15, 0.2) is 0 Å². The molecule has 1 N–H and O–H groups in total. The summed E-state index contributed by atoms with van der Waals surface area (Å²) < 4.78 is 32.7. The van der Waals surface area contributed by atoms with Crippen molar-refractivity contribution in [2.75, 3.05) is 5.32 Å². The number of hydrogen-bond donors (Lipinski definition) is 1. The number of benzene rings is 2. The summed E-state index contributed by atoms with van der Waals surface area (Å²) in [4.78, 5) is 12.7. The standard InChI is InChI=1S/C21H17F2NO2S/c1-2-5-15-6-3-4-7-19(15)26-12-14-10-20(27-13-14)21(25)24-18-11-16(22)8-9-17(18)23/h2-11,13H,12H2,1H3,(H,24,25)/b5-2+. The zero-order chi connectivity index (χ0) is 19.2. The lowest BCUT2D eigenvalue weighted by Gasteiger charge is -2.08. The van der Waals surface area contributed by atoms with E-state index in [9.17, 15) is 13.6 Å². The zero-order valence-corrected chi connectivity index (χ0v) is 15.4. The minimum absolute atomic E-state index is 0.188. The van der Waals surface area contributed by atoms with Gasteiger partial charge in [0.1, 0.15) is 24.0 Å². The van der Waals surface area contributed by atoms with E-state index in [4.69, 9.17) is 4.74 Å². The summed E-state index contributed by atoms with van der Waals surface area (Å²) in [7, 11) is 0. The Morgan fingerprint density at radius 2 is 2.00 bits per heavy atom. The van der Waals surface area contributed by atoms with Crippen LogP contribution in [0.4, 0.5) is 14.5 Å². The molecule has 0 unspecified atom stereocenters. The van der Waals surface area contributed by atoms with Gasteiger partial charge in [-0.25, -0.2) is 8.78 Å². The molecule has 0 radical (unpaired) electrons. The predicted molar refractivity (Wildman–Crippen MR) is 104 cm³/mol. The quantitative estimate of drug-likeness (QED) is 0.574. The molecule has 3 nitrogen and oxygen atoms in total. The smallest absolute Gasteiger partial charge is 0.265 e. The number of halogens is 2. The molecule has 0 fully saturated rings. The van der Waals surface area contributed by atoms with Crippen molar-refractivity contribution in [2.24, 2.45) is 0 Å². The van der Waals surface area contributed by atoms with Crippen LogP contribution >= 0.6 is 11.3 Å². The van der Waals surface area contributed by atoms with Gasteiger partial charge in [-0.3, -0.25) is 4.79 Å². The topological polar surface area (TPSA) is 38.3 Å². The van der Waals surface area contributed by atoms with Crippen LogP contribution in [-0.2, 0) is 6.61 Å². The number of thiophene rings is 1. The molecule has 0 bridgehead atoms. The third-order valence-corrected chi connectivity index (χ3v) is 4.69. The van der Waals surface area contributed by atoms with E-state index in [2.05, 4.69) is 5.32 Å². The highest BCUT2D eigenvalue weighted by Gasteiger charge is 2.13. The van der Waals surface area contributed by atoms with Gasteiger partial charge in [-0.2, -0.15) is 0 Å². The second kappa shape index (κ2) is 8.60. The van der Waals surface area contributed by atoms with Crippen LogP contribution in [0.1, 0.15) is 27.7 Å². The summed E-state index contributed by atoms with van der Waals surface area (Å²) in [5.41, 5.74) is 1.60. The number of ether oxygens (including phenoxy) is 1. The normalized spacial score (nSPS) is 10.9. The Labute approximate surface area is 159 Å². The number of para-hydroxylation sites is 1. The van der Waals surface area contributed by atoms with Gasteiger partial charge in [0, 0.05) is 17.2 Å². The van der Waals surface area contributed by atoms with Crippen LogP contribution < -0.4 is 10.1 Å². The first-order valence-corrected chi connectivity index (χ1v) is 9.13. The Hall–Kier alpha value is -2.99. The lowest BCUT2D eigenvalue weighted by atomic mass is 10.2. The van der Waals surface area contributed by atoms with Crippen molar-refractivity contribution in [3.8, 4) is 5.75 Å². The predicted octanol–water partition coefficient (Wildman–Crippen LogP) is 5.89. The summed E-state index contributed by atoms with van der Waals surface area (Å²) >= 11 is 1.21. The van der Waals surface area contributed by atoms with Crippen LogP contribution in [0.2, 0.25) is 0 Å². The monoisotopic (exact) mass is 385 g/mol. The molecule has 0 saturated heterocycles. The van der Waals surface area contributed by atoms with Crippen molar-refractivity contribution in [3.63, 3.8) is 0 Å². The number of allylic oxidation sites excluding steroid dienone is 1. The second-order valence-electron chi connectivity index (χ2n) is 5.72. The lowest BCUT2D eigenvalue weighted by molar-refractivity contribution is 0.103. The van der Waals surface area contributed by atoms with Gasteiger partial charge in [-0.15, -0.1) is 11.3 Å². The van der Waals surface area contributed by atoms with Gasteiger partial charge >= 0.3 is 0 Å². The third-order valence-electron chi connectivity index (χ3n) is 3.71. The first kappa shape index (κ1) is 18.8. The Balaban J connectivity index is 1.66. The molecule has 0 aliphatic rings. The van der Waals surface area contributed by atoms with Crippen LogP contribution in [0, 0.1) is 11.6 Å². The molecule has 1 heterocycles. The van der Waals surface area contributed by atoms with E-state index >= 15 is 0 Å². The van der Waals surface area contributed by atoms with Crippen LogP contribution in [-0.4, -0.2) is 5.91 Å². The maximum absolute atomic E-state index is 13.7. The lowest BCUT2D eigenvalue weighted by Crippen LogP contribution is -2.11. The number of anilines is 1. The minimum atomic E-state index is -0.689. The van der Waals surface area contributed by atoms with E-state index in [1.807, 2.05) is 43.3 Å². The van der Waals surface area contributed by atoms with Crippen LogP contribution in [0.3, 0.4) is 0 Å². The van der Waals surface area contributed by atoms with E-state index < -0.39 is 17.5 Å². The first-order chi connectivity index (χ1) is 13.1. The third kappa shape index (κ3) is 4.80. The van der Waals surface area contributed by atoms with Gasteiger partial charge in [-0.05, 0) is 36.6 Å². The summed E-state index contributed by atoms with van der Waals surface area (Å²) in [5.74, 6) is -1.06. The van der Waals surface area contributed by atoms with Crippen molar-refractivity contribution < 1.29 is 18.3 Å². The summed E-state index contributed by atoms with van der Waals surface area (Å²) in [5, 5.41) is 4.19. The Morgan fingerprint density at radius 3 is 2.81 bits per heavy atom. The van der Waals surface area contributed by atoms with Crippen LogP contribution in [0.15, 0.2) is 60.0 Å². The van der Waals surface area contributed by atoms with E-state index in [0.29, 0.717) is 11.5 Å². The van der Waals surface area contributed by atoms with E-state index in [-0.39, 0.29) is 5.69 Å². The highest BCUT2D eigenvalue weighted by molar-refractivity contribution is 7.12. The first-order valence-electron chi connectivity index (χ1n) is 8.25. The molecule has 6 heteroatoms. The van der Waals surface area contributed by atoms with E-state index in [0.717, 1.165) is 35.1 Å². The molecule has 0 aliphatic heterocycles. The fourth-order valence-electron chi connectivity index (χ4n) is 2.44. The number of amides is 1. The average Bonchev–Trinajstić information content (AvgIpc) is 3.13. The number of nitrogens with one attached hydrogen (secondary N) is 1. The van der Waals surface area contributed by atoms with Gasteiger partial charge in [-0.1, -0.05) is 30.4 Å². The van der Waals surface area contributed by atoms with Crippen molar-refractivity contribution >= 4 is 29.0 Å². The average molecular weight is 385 g/mol. The van der Waals surface area contributed by atoms with Gasteiger partial charge in [0.25, 0.3) is 5.91 Å². The zero-order valence-electron chi connectivity index (χ0n) is 14.5. The molecule has 27 heavy (non-hydrogen) atoms. The van der Waals surface area contributed by atoms with Gasteiger partial charge in [0.2, 0.25) is 0 Å². The summed E-state index contributed by atoms with van der Waals surface area (Å²) in [6, 6.07) is 12.2. The summed E-state index contributed by atoms with van der Waals surface area (Å²) in [6.45, 7) is 2.23. The van der Waals surface area contributed by atoms with Gasteiger partial charge < -0.3 is 10.1 Å². The molecule has 0 atom stereocenters. The second-order valence-corrected chi connectivity index (χ2v) is 6.64. The van der Waals surface area contributed by atoms with Crippen molar-refractivity contribution in [1.82, 2.24) is 0 Å². The van der Waals surface area contributed by atoms with Crippen molar-refractivity contribution in [3.05, 3.63) is 87.6 Å². The molecular formula is C21H17F2NO2S. The Morgan fingerprint density at radius 1 is 1.19 bits per heavy atom. The molecule has 3 aromatic rings. The minimum Gasteiger partial charge on any atom is -0.488 e. The molecule has 0 spiro atoms. The fourth-order valence-corrected chi connectivity index (χ4v) is 3.23. The van der Waals surface area contributed by atoms with Gasteiger partial charge in [0.05, 0.1) is 10.6 Å².